The molecule has 8 heteroatoms. The van der Waals surface area contributed by atoms with Crippen LogP contribution in [0.4, 0.5) is 11.5 Å². The number of nitrogens with zero attached hydrogens (tertiary/aromatic N) is 4. The van der Waals surface area contributed by atoms with E-state index >= 15 is 0 Å². The third-order valence-corrected chi connectivity index (χ3v) is 5.81. The predicted octanol–water partition coefficient (Wildman–Crippen LogP) is 3.50. The van der Waals surface area contributed by atoms with Crippen LogP contribution in [0.15, 0.2) is 71.9 Å². The van der Waals surface area contributed by atoms with Crippen LogP contribution in [0.5, 0.6) is 0 Å². The lowest BCUT2D eigenvalue weighted by molar-refractivity contribution is 0.0917. The average Bonchev–Trinajstić information content (AvgIpc) is 2.86. The molecule has 1 aliphatic rings. The topological polar surface area (TPSA) is 119 Å². The molecule has 0 atom stereocenters. The van der Waals surface area contributed by atoms with E-state index in [4.69, 9.17) is 5.73 Å². The van der Waals surface area contributed by atoms with Crippen molar-refractivity contribution in [1.82, 2.24) is 15.2 Å². The number of anilines is 1. The molecule has 0 saturated carbocycles. The fraction of sp³-hybridized carbons (Fsp3) is 0.231. The molecule has 1 aliphatic heterocycles. The minimum Gasteiger partial charge on any atom is -0.369 e. The van der Waals surface area contributed by atoms with Crippen molar-refractivity contribution >= 4 is 23.4 Å². The molecule has 8 nitrogen and oxygen atoms in total. The number of guanidine groups is 1. The number of pyridine rings is 1. The van der Waals surface area contributed by atoms with Crippen LogP contribution in [-0.2, 0) is 0 Å². The molecule has 172 valence electrons. The van der Waals surface area contributed by atoms with E-state index in [1.165, 1.54) is 0 Å². The molecule has 3 aromatic rings. The van der Waals surface area contributed by atoms with Gasteiger partial charge in [0.1, 0.15) is 6.07 Å². The monoisotopic (exact) mass is 453 g/mol. The Bertz CT molecular complexity index is 1220. The van der Waals surface area contributed by atoms with Gasteiger partial charge in [-0.15, -0.1) is 0 Å². The van der Waals surface area contributed by atoms with Crippen LogP contribution < -0.4 is 16.4 Å². The molecule has 0 radical (unpaired) electrons. The Morgan fingerprint density at radius 1 is 1.12 bits per heavy atom. The van der Waals surface area contributed by atoms with Crippen LogP contribution in [-0.4, -0.2) is 47.9 Å². The van der Waals surface area contributed by atoms with E-state index in [0.717, 1.165) is 37.1 Å². The first-order valence-electron chi connectivity index (χ1n) is 11.2. The fourth-order valence-corrected chi connectivity index (χ4v) is 3.86. The Balaban J connectivity index is 1.43. The molecule has 1 saturated heterocycles. The summed E-state index contributed by atoms with van der Waals surface area (Å²) < 4.78 is 0. The minimum absolute atomic E-state index is 0.0536. The van der Waals surface area contributed by atoms with Gasteiger partial charge in [-0.3, -0.25) is 4.79 Å². The largest absolute Gasteiger partial charge is 0.369 e. The standard InChI is InChI=1S/C26H27N7O/c1-33-13-11-22(12-14-33)30-25(34)19-7-4-6-18(15-19)21-9-10-24(29-17-21)32-26(28)31-23-8-3-2-5-20(23)16-27/h2-10,15,17,22H,11-14H2,1H3,(H,30,34)(H3,28,29,31,32). The number of benzene rings is 2. The maximum absolute atomic E-state index is 12.8. The highest BCUT2D eigenvalue weighted by molar-refractivity contribution is 5.96. The van der Waals surface area contributed by atoms with Gasteiger partial charge in [-0.05, 0) is 74.9 Å². The number of carbonyl (C=O) groups excluding carboxylic acids is 1. The van der Waals surface area contributed by atoms with Crippen LogP contribution in [0.2, 0.25) is 0 Å². The number of rotatable bonds is 5. The first kappa shape index (κ1) is 23.0. The van der Waals surface area contributed by atoms with Gasteiger partial charge in [0.2, 0.25) is 0 Å². The van der Waals surface area contributed by atoms with E-state index in [1.54, 1.807) is 30.5 Å². The smallest absolute Gasteiger partial charge is 0.251 e. The van der Waals surface area contributed by atoms with Gasteiger partial charge in [0, 0.05) is 23.4 Å². The van der Waals surface area contributed by atoms with Crippen LogP contribution in [0, 0.1) is 11.3 Å². The summed E-state index contributed by atoms with van der Waals surface area (Å²) in [5, 5.41) is 15.3. The normalized spacial score (nSPS) is 14.9. The van der Waals surface area contributed by atoms with Gasteiger partial charge in [0.15, 0.2) is 11.8 Å². The van der Waals surface area contributed by atoms with Crippen molar-refractivity contribution in [3.05, 3.63) is 78.0 Å². The van der Waals surface area contributed by atoms with E-state index < -0.39 is 0 Å². The lowest BCUT2D eigenvalue weighted by Gasteiger charge is -2.29. The molecule has 4 N–H and O–H groups in total. The molecule has 0 bridgehead atoms. The zero-order valence-electron chi connectivity index (χ0n) is 19.0. The third kappa shape index (κ3) is 5.77. The quantitative estimate of drug-likeness (QED) is 0.402. The second-order valence-corrected chi connectivity index (χ2v) is 8.32. The van der Waals surface area contributed by atoms with Gasteiger partial charge < -0.3 is 21.3 Å². The number of hydrogen-bond acceptors (Lipinski definition) is 5. The summed E-state index contributed by atoms with van der Waals surface area (Å²) in [5.74, 6) is 0.511. The molecular formula is C26H27N7O. The molecule has 2 aromatic carbocycles. The molecule has 0 spiro atoms. The molecule has 4 rings (SSSR count). The van der Waals surface area contributed by atoms with Gasteiger partial charge in [-0.2, -0.15) is 10.3 Å². The summed E-state index contributed by atoms with van der Waals surface area (Å²) in [6, 6.07) is 20.5. The third-order valence-electron chi connectivity index (χ3n) is 5.81. The number of hydrogen-bond donors (Lipinski definition) is 3. The number of nitrogens with one attached hydrogen (secondary N) is 2. The van der Waals surface area contributed by atoms with Crippen molar-refractivity contribution in [1.29, 1.82) is 5.26 Å². The van der Waals surface area contributed by atoms with Gasteiger partial charge in [0.05, 0.1) is 11.3 Å². The molecule has 0 aliphatic carbocycles. The molecule has 0 unspecified atom stereocenters. The highest BCUT2D eigenvalue weighted by atomic mass is 16.1. The van der Waals surface area contributed by atoms with Gasteiger partial charge >= 0.3 is 0 Å². The van der Waals surface area contributed by atoms with Gasteiger partial charge in [-0.1, -0.05) is 24.3 Å². The van der Waals surface area contributed by atoms with Crippen LogP contribution in [0.3, 0.4) is 0 Å². The number of likely N-dealkylation sites (tertiary alicyclic amines) is 1. The molecule has 1 aromatic heterocycles. The molecule has 2 heterocycles. The zero-order chi connectivity index (χ0) is 23.9. The fourth-order valence-electron chi connectivity index (χ4n) is 3.86. The van der Waals surface area contributed by atoms with Crippen molar-refractivity contribution in [3.63, 3.8) is 0 Å². The van der Waals surface area contributed by atoms with Crippen LogP contribution >= 0.6 is 0 Å². The first-order chi connectivity index (χ1) is 16.5. The van der Waals surface area contributed by atoms with Gasteiger partial charge in [-0.25, -0.2) is 4.98 Å². The van der Waals surface area contributed by atoms with E-state index in [9.17, 15) is 10.1 Å². The Kier molecular flexibility index (Phi) is 7.16. The predicted molar refractivity (Wildman–Crippen MR) is 134 cm³/mol. The second-order valence-electron chi connectivity index (χ2n) is 8.32. The number of aliphatic imine (C=N–C) groups is 1. The van der Waals surface area contributed by atoms with E-state index in [2.05, 4.69) is 38.6 Å². The Labute approximate surface area is 199 Å². The molecule has 34 heavy (non-hydrogen) atoms. The summed E-state index contributed by atoms with van der Waals surface area (Å²) >= 11 is 0. The maximum atomic E-state index is 12.8. The summed E-state index contributed by atoms with van der Waals surface area (Å²) in [4.78, 5) is 23.7. The Morgan fingerprint density at radius 2 is 1.91 bits per heavy atom. The molecule has 1 amide bonds. The number of carbonyl (C=O) groups is 1. The highest BCUT2D eigenvalue weighted by Gasteiger charge is 2.19. The molecular weight excluding hydrogens is 426 g/mol. The van der Waals surface area contributed by atoms with Crippen LogP contribution in [0.1, 0.15) is 28.8 Å². The van der Waals surface area contributed by atoms with Crippen molar-refractivity contribution < 1.29 is 4.79 Å². The van der Waals surface area contributed by atoms with Crippen molar-refractivity contribution in [2.24, 2.45) is 10.7 Å². The van der Waals surface area contributed by atoms with Crippen molar-refractivity contribution in [2.75, 3.05) is 25.5 Å². The van der Waals surface area contributed by atoms with E-state index in [0.29, 0.717) is 22.6 Å². The van der Waals surface area contributed by atoms with Crippen molar-refractivity contribution in [2.45, 2.75) is 18.9 Å². The Morgan fingerprint density at radius 3 is 2.65 bits per heavy atom. The zero-order valence-corrected chi connectivity index (χ0v) is 19.0. The maximum Gasteiger partial charge on any atom is 0.251 e. The first-order valence-corrected chi connectivity index (χ1v) is 11.2. The number of amides is 1. The van der Waals surface area contributed by atoms with Gasteiger partial charge in [0.25, 0.3) is 5.91 Å². The number of aromatic nitrogens is 1. The summed E-state index contributed by atoms with van der Waals surface area (Å²) in [7, 11) is 2.10. The summed E-state index contributed by atoms with van der Waals surface area (Å²) in [6.07, 6.45) is 3.63. The summed E-state index contributed by atoms with van der Waals surface area (Å²) in [6.45, 7) is 1.99. The van der Waals surface area contributed by atoms with Crippen molar-refractivity contribution in [3.8, 4) is 17.2 Å². The van der Waals surface area contributed by atoms with E-state index in [1.807, 2.05) is 36.4 Å². The number of nitrogens with two attached hydrogens (primary N) is 1. The molecule has 1 fully saturated rings. The average molecular weight is 454 g/mol. The SMILES string of the molecule is CN1CCC(NC(=O)c2cccc(-c3ccc(N=C(N)Nc4ccccc4C#N)nc3)c2)CC1. The lowest BCUT2D eigenvalue weighted by atomic mass is 10.0. The van der Waals surface area contributed by atoms with E-state index in [-0.39, 0.29) is 17.9 Å². The minimum atomic E-state index is -0.0536. The number of para-hydroxylation sites is 1. The Hall–Kier alpha value is -4.22. The number of piperidine rings is 1. The lowest BCUT2D eigenvalue weighted by Crippen LogP contribution is -2.43. The second kappa shape index (κ2) is 10.6. The highest BCUT2D eigenvalue weighted by Crippen LogP contribution is 2.22. The van der Waals surface area contributed by atoms with Crippen LogP contribution in [0.25, 0.3) is 11.1 Å². The number of nitriles is 1. The summed E-state index contributed by atoms with van der Waals surface area (Å²) in [5.41, 5.74) is 9.44.